The van der Waals surface area contributed by atoms with Crippen molar-refractivity contribution in [2.45, 2.75) is 20.8 Å². The molecule has 0 aliphatic heterocycles. The normalized spacial score (nSPS) is 12.6. The number of aliphatic imine (C=N–C) groups is 1. The van der Waals surface area contributed by atoms with Gasteiger partial charge in [-0.1, -0.05) is 38.0 Å². The molecule has 0 unspecified atom stereocenters. The number of hydrogen-bond acceptors (Lipinski definition) is 5. The largest absolute Gasteiger partial charge is 0.340 e. The van der Waals surface area contributed by atoms with Gasteiger partial charge in [-0.15, -0.1) is 11.3 Å². The maximum absolute atomic E-state index is 15.7. The molecule has 0 aliphatic carbocycles. The molecule has 4 heterocycles. The van der Waals surface area contributed by atoms with E-state index in [-0.39, 0.29) is 5.69 Å². The number of imidazole rings is 1. The summed E-state index contributed by atoms with van der Waals surface area (Å²) in [5, 5.41) is 7.53. The molecule has 0 atom stereocenters. The van der Waals surface area contributed by atoms with Crippen molar-refractivity contribution >= 4 is 45.2 Å². The second kappa shape index (κ2) is 9.99. The molecule has 176 valence electrons. The van der Waals surface area contributed by atoms with Crippen molar-refractivity contribution < 1.29 is 4.39 Å². The lowest BCUT2D eigenvalue weighted by Gasteiger charge is -2.04. The van der Waals surface area contributed by atoms with Crippen LogP contribution in [0, 0.1) is 12.7 Å². The van der Waals surface area contributed by atoms with Gasteiger partial charge in [-0.25, -0.2) is 9.37 Å². The third-order valence-electron chi connectivity index (χ3n) is 5.39. The van der Waals surface area contributed by atoms with E-state index >= 15 is 4.39 Å². The Kier molecular flexibility index (Phi) is 6.84. The van der Waals surface area contributed by atoms with Crippen LogP contribution < -0.4 is 0 Å². The van der Waals surface area contributed by atoms with Crippen LogP contribution in [0.4, 0.5) is 4.39 Å². The first-order chi connectivity index (χ1) is 16.9. The number of nitrogens with zero attached hydrogens (tertiary/aromatic N) is 4. The molecule has 0 spiro atoms. The smallest absolute Gasteiger partial charge is 0.161 e. The first-order valence-corrected chi connectivity index (χ1v) is 11.7. The van der Waals surface area contributed by atoms with Gasteiger partial charge in [-0.05, 0) is 38.5 Å². The van der Waals surface area contributed by atoms with Gasteiger partial charge in [0.1, 0.15) is 11.4 Å². The minimum Gasteiger partial charge on any atom is -0.340 e. The zero-order chi connectivity index (χ0) is 25.1. The number of halogens is 1. The molecule has 0 amide bonds. The summed E-state index contributed by atoms with van der Waals surface area (Å²) in [6.45, 7) is 17.2. The minimum atomic E-state index is -0.503. The van der Waals surface area contributed by atoms with Gasteiger partial charge >= 0.3 is 0 Å². The molecule has 35 heavy (non-hydrogen) atoms. The number of allylic oxidation sites excluding steroid dienone is 5. The fraction of sp³-hybridized carbons (Fsp3) is 0.111. The molecule has 8 heteroatoms. The summed E-state index contributed by atoms with van der Waals surface area (Å²) in [5.74, 6) is -0.0510. The van der Waals surface area contributed by atoms with Crippen molar-refractivity contribution in [3.63, 3.8) is 0 Å². The minimum absolute atomic E-state index is 0.176. The van der Waals surface area contributed by atoms with Crippen LogP contribution in [0.5, 0.6) is 0 Å². The van der Waals surface area contributed by atoms with Gasteiger partial charge < -0.3 is 4.98 Å². The van der Waals surface area contributed by atoms with Gasteiger partial charge in [0.05, 0.1) is 22.8 Å². The zero-order valence-corrected chi connectivity index (χ0v) is 20.6. The number of pyridine rings is 1. The highest BCUT2D eigenvalue weighted by atomic mass is 32.1. The van der Waals surface area contributed by atoms with Crippen LogP contribution in [0.25, 0.3) is 39.1 Å². The molecule has 0 fully saturated rings. The first-order valence-electron chi connectivity index (χ1n) is 10.9. The van der Waals surface area contributed by atoms with Gasteiger partial charge in [0.15, 0.2) is 11.6 Å². The number of thiophene rings is 1. The van der Waals surface area contributed by atoms with E-state index in [1.165, 1.54) is 12.4 Å². The molecule has 0 aromatic carbocycles. The number of aromatic nitrogens is 5. The molecule has 0 radical (unpaired) electrons. The van der Waals surface area contributed by atoms with Crippen molar-refractivity contribution in [1.29, 1.82) is 0 Å². The predicted octanol–water partition coefficient (Wildman–Crippen LogP) is 7.13. The quantitative estimate of drug-likeness (QED) is 0.206. The maximum Gasteiger partial charge on any atom is 0.161 e. The summed E-state index contributed by atoms with van der Waals surface area (Å²) in [6, 6.07) is 4.09. The predicted molar refractivity (Wildman–Crippen MR) is 145 cm³/mol. The van der Waals surface area contributed by atoms with E-state index in [1.807, 2.05) is 32.1 Å². The Morgan fingerprint density at radius 2 is 1.97 bits per heavy atom. The van der Waals surface area contributed by atoms with Gasteiger partial charge in [0.2, 0.25) is 0 Å². The van der Waals surface area contributed by atoms with E-state index in [1.54, 1.807) is 36.6 Å². The molecule has 0 aliphatic rings. The molecular formula is C27H25FN6S. The molecule has 6 nitrogen and oxygen atoms in total. The summed E-state index contributed by atoms with van der Waals surface area (Å²) in [6.07, 6.45) is 9.85. The third-order valence-corrected chi connectivity index (χ3v) is 6.67. The van der Waals surface area contributed by atoms with Crippen LogP contribution in [-0.2, 0) is 0 Å². The highest BCUT2D eigenvalue weighted by Crippen LogP contribution is 2.35. The highest BCUT2D eigenvalue weighted by molar-refractivity contribution is 7.14. The molecule has 0 saturated heterocycles. The molecule has 4 aromatic rings. The van der Waals surface area contributed by atoms with Gasteiger partial charge in [-0.3, -0.25) is 15.1 Å². The van der Waals surface area contributed by atoms with Crippen molar-refractivity contribution in [2.24, 2.45) is 4.99 Å². The topological polar surface area (TPSA) is 82.6 Å². The number of H-pyrrole nitrogens is 2. The van der Waals surface area contributed by atoms with E-state index < -0.39 is 5.82 Å². The van der Waals surface area contributed by atoms with Crippen molar-refractivity contribution in [1.82, 2.24) is 25.1 Å². The number of nitrogens with one attached hydrogen (secondary N) is 2. The second-order valence-electron chi connectivity index (χ2n) is 7.81. The molecule has 0 bridgehead atoms. The lowest BCUT2D eigenvalue weighted by atomic mass is 10.1. The zero-order valence-electron chi connectivity index (χ0n) is 19.8. The molecule has 4 rings (SSSR count). The maximum atomic E-state index is 15.7. The van der Waals surface area contributed by atoms with Crippen LogP contribution in [0.2, 0.25) is 0 Å². The van der Waals surface area contributed by atoms with Crippen LogP contribution in [0.15, 0.2) is 67.5 Å². The van der Waals surface area contributed by atoms with Crippen molar-refractivity contribution in [2.75, 3.05) is 0 Å². The molecule has 4 aromatic heterocycles. The Morgan fingerprint density at radius 1 is 1.20 bits per heavy atom. The number of aryl methyl sites for hydroxylation is 1. The van der Waals surface area contributed by atoms with E-state index in [9.17, 15) is 0 Å². The summed E-state index contributed by atoms with van der Waals surface area (Å²) in [4.78, 5) is 18.5. The van der Waals surface area contributed by atoms with Crippen molar-refractivity contribution in [3.8, 4) is 11.5 Å². The standard InChI is InChI=1S/C27H25FN6S/c1-7-10-18(21-12-11-20(35-21)15(4)5)24-16(6)31-27(32-24)26-22-19(33-34-26)14-30-25(23(22)28)17(8-2)13-29-9-3/h7-14H,1,3-4H2,2,5-6H3,(H,31,32)(H,33,34)/b17-8+,18-10-,29-13?. The van der Waals surface area contributed by atoms with Gasteiger partial charge in [0, 0.05) is 39.0 Å². The third kappa shape index (κ3) is 4.48. The van der Waals surface area contributed by atoms with Crippen molar-refractivity contribution in [3.05, 3.63) is 95.1 Å². The van der Waals surface area contributed by atoms with Crippen LogP contribution in [-0.4, -0.2) is 31.4 Å². The van der Waals surface area contributed by atoms with E-state index in [2.05, 4.69) is 44.9 Å². The number of fused-ring (bicyclic) bond motifs is 1. The fourth-order valence-electron chi connectivity index (χ4n) is 3.70. The van der Waals surface area contributed by atoms with Crippen LogP contribution in [0.3, 0.4) is 0 Å². The van der Waals surface area contributed by atoms with Crippen LogP contribution >= 0.6 is 11.3 Å². The summed E-state index contributed by atoms with van der Waals surface area (Å²) >= 11 is 1.63. The SMILES string of the molecule is C=C/C=C(/c1ccc(C(=C)C)s1)c1nc(-c2n[nH]c3cnc(/C(C=NC=C)=C/C)c(F)c23)[nH]c1C. The van der Waals surface area contributed by atoms with Gasteiger partial charge in [0.25, 0.3) is 0 Å². The monoisotopic (exact) mass is 484 g/mol. The Bertz CT molecular complexity index is 1540. The number of rotatable bonds is 8. The van der Waals surface area contributed by atoms with E-state index in [4.69, 9.17) is 4.98 Å². The Balaban J connectivity index is 1.84. The summed E-state index contributed by atoms with van der Waals surface area (Å²) < 4.78 is 15.7. The molecular weight excluding hydrogens is 459 g/mol. The highest BCUT2D eigenvalue weighted by Gasteiger charge is 2.22. The summed E-state index contributed by atoms with van der Waals surface area (Å²) in [7, 11) is 0. The Morgan fingerprint density at radius 3 is 2.63 bits per heavy atom. The lowest BCUT2D eigenvalue weighted by Crippen LogP contribution is -1.97. The van der Waals surface area contributed by atoms with E-state index in [0.717, 1.165) is 32.3 Å². The Labute approximate surface area is 207 Å². The second-order valence-corrected chi connectivity index (χ2v) is 8.89. The number of aromatic amines is 2. The first kappa shape index (κ1) is 24.0. The number of hydrogen-bond donors (Lipinski definition) is 2. The fourth-order valence-corrected chi connectivity index (χ4v) is 4.65. The molecule has 2 N–H and O–H groups in total. The van der Waals surface area contributed by atoms with Crippen LogP contribution in [0.1, 0.15) is 40.7 Å². The average Bonchev–Trinajstić information content (AvgIpc) is 3.57. The van der Waals surface area contributed by atoms with E-state index in [0.29, 0.717) is 28.0 Å². The molecule has 0 saturated carbocycles. The average molecular weight is 485 g/mol. The Hall–Kier alpha value is -4.17. The lowest BCUT2D eigenvalue weighted by molar-refractivity contribution is 0.630. The summed E-state index contributed by atoms with van der Waals surface area (Å²) in [5.41, 5.74) is 5.05. The van der Waals surface area contributed by atoms with Gasteiger partial charge in [-0.2, -0.15) is 5.10 Å².